The standard InChI is InChI=1S/C29H38N4O5S2/c1-31(40(35,36)28-10-6-18-39-28)15-5-9-24(21-11-12-26(37-2)27(19-21)38-3)33-20-23-22(29(33)34)7-4-8-25(23)32-16-13-30-14-17-32/h4,6-8,11-12,18-19,24,28,30H,5,9-10,13-17,20H2,1-3H3/t24-,28?/m1/s1. The van der Waals surface area contributed by atoms with Crippen LogP contribution in [0.4, 0.5) is 5.69 Å². The smallest absolute Gasteiger partial charge is 0.255 e. The molecule has 1 N–H and O–H groups in total. The van der Waals surface area contributed by atoms with Crippen molar-refractivity contribution in [1.29, 1.82) is 0 Å². The zero-order valence-electron chi connectivity index (χ0n) is 23.3. The van der Waals surface area contributed by atoms with Crippen LogP contribution in [0, 0.1) is 0 Å². The number of fused-ring (bicyclic) bond motifs is 1. The van der Waals surface area contributed by atoms with E-state index >= 15 is 0 Å². The summed E-state index contributed by atoms with van der Waals surface area (Å²) in [5.41, 5.74) is 3.86. The number of methoxy groups -OCH3 is 2. The van der Waals surface area contributed by atoms with E-state index in [-0.39, 0.29) is 11.9 Å². The number of thioether (sulfide) groups is 1. The van der Waals surface area contributed by atoms with Gasteiger partial charge in [0.15, 0.2) is 11.5 Å². The minimum Gasteiger partial charge on any atom is -0.493 e. The van der Waals surface area contributed by atoms with Gasteiger partial charge in [-0.25, -0.2) is 12.7 Å². The Labute approximate surface area is 241 Å². The van der Waals surface area contributed by atoms with Crippen molar-refractivity contribution in [3.8, 4) is 11.5 Å². The maximum atomic E-state index is 13.9. The lowest BCUT2D eigenvalue weighted by molar-refractivity contribution is 0.0688. The molecular formula is C29H38N4O5S2. The third-order valence-corrected chi connectivity index (χ3v) is 11.8. The van der Waals surface area contributed by atoms with Crippen molar-refractivity contribution in [3.63, 3.8) is 0 Å². The van der Waals surface area contributed by atoms with Crippen LogP contribution < -0.4 is 19.7 Å². The highest BCUT2D eigenvalue weighted by Crippen LogP contribution is 2.40. The van der Waals surface area contributed by atoms with Gasteiger partial charge in [-0.05, 0) is 54.5 Å². The van der Waals surface area contributed by atoms with Crippen LogP contribution in [0.25, 0.3) is 0 Å². The van der Waals surface area contributed by atoms with Crippen LogP contribution in [-0.2, 0) is 16.6 Å². The van der Waals surface area contributed by atoms with E-state index in [1.54, 1.807) is 21.3 Å². The maximum Gasteiger partial charge on any atom is 0.255 e. The summed E-state index contributed by atoms with van der Waals surface area (Å²) in [6, 6.07) is 11.5. The van der Waals surface area contributed by atoms with Gasteiger partial charge in [-0.3, -0.25) is 4.79 Å². The van der Waals surface area contributed by atoms with E-state index in [1.807, 2.05) is 46.7 Å². The first-order valence-electron chi connectivity index (χ1n) is 13.7. The van der Waals surface area contributed by atoms with E-state index in [4.69, 9.17) is 9.47 Å². The summed E-state index contributed by atoms with van der Waals surface area (Å²) in [5, 5.41) is 5.25. The van der Waals surface area contributed by atoms with Gasteiger partial charge < -0.3 is 24.6 Å². The molecule has 1 saturated heterocycles. The van der Waals surface area contributed by atoms with E-state index in [9.17, 15) is 13.2 Å². The lowest BCUT2D eigenvalue weighted by Gasteiger charge is -2.32. The fourth-order valence-corrected chi connectivity index (χ4v) is 8.70. The van der Waals surface area contributed by atoms with Crippen molar-refractivity contribution in [2.45, 2.75) is 36.4 Å². The number of nitrogens with zero attached hydrogens (tertiary/aromatic N) is 3. The monoisotopic (exact) mass is 586 g/mol. The number of anilines is 1. The minimum absolute atomic E-state index is 0.00109. The molecule has 0 aliphatic carbocycles. The molecule has 3 aliphatic heterocycles. The first kappa shape index (κ1) is 28.8. The Bertz CT molecular complexity index is 1350. The number of nitrogens with one attached hydrogen (secondary N) is 1. The van der Waals surface area contributed by atoms with Crippen molar-refractivity contribution in [1.82, 2.24) is 14.5 Å². The first-order chi connectivity index (χ1) is 19.3. The molecule has 1 fully saturated rings. The lowest BCUT2D eigenvalue weighted by Crippen LogP contribution is -2.43. The number of sulfonamides is 1. The molecule has 216 valence electrons. The van der Waals surface area contributed by atoms with Gasteiger partial charge in [-0.15, -0.1) is 11.8 Å². The van der Waals surface area contributed by atoms with Crippen molar-refractivity contribution in [2.75, 3.05) is 58.9 Å². The fourth-order valence-electron chi connectivity index (χ4n) is 5.75. The van der Waals surface area contributed by atoms with Crippen molar-refractivity contribution >= 4 is 33.4 Å². The third-order valence-electron chi connectivity index (χ3n) is 7.97. The second-order valence-electron chi connectivity index (χ2n) is 10.3. The van der Waals surface area contributed by atoms with Crippen LogP contribution in [0.1, 0.15) is 46.8 Å². The molecule has 0 spiro atoms. The Kier molecular flexibility index (Phi) is 8.94. The van der Waals surface area contributed by atoms with Crippen LogP contribution in [0.15, 0.2) is 47.9 Å². The summed E-state index contributed by atoms with van der Waals surface area (Å²) in [7, 11) is 1.44. The van der Waals surface area contributed by atoms with Crippen LogP contribution in [-0.4, -0.2) is 82.1 Å². The fraction of sp³-hybridized carbons (Fsp3) is 0.483. The van der Waals surface area contributed by atoms with E-state index in [1.165, 1.54) is 16.1 Å². The number of hydrogen-bond donors (Lipinski definition) is 1. The summed E-state index contributed by atoms with van der Waals surface area (Å²) >= 11 is 1.35. The average Bonchev–Trinajstić information content (AvgIpc) is 3.65. The Balaban J connectivity index is 1.40. The molecule has 2 aromatic rings. The van der Waals surface area contributed by atoms with Crippen LogP contribution >= 0.6 is 11.8 Å². The normalized spacial score (nSPS) is 19.8. The molecule has 3 heterocycles. The SMILES string of the molecule is COc1ccc([C@@H](CCCN(C)S(=O)(=O)C2CC=CS2)N2Cc3c(cccc3N3CCNCC3)C2=O)cc1OC. The number of rotatable bonds is 11. The van der Waals surface area contributed by atoms with Crippen molar-refractivity contribution in [2.24, 2.45) is 0 Å². The molecule has 40 heavy (non-hydrogen) atoms. The van der Waals surface area contributed by atoms with Gasteiger partial charge in [0.05, 0.1) is 20.3 Å². The summed E-state index contributed by atoms with van der Waals surface area (Å²) in [5.74, 6) is 1.22. The molecule has 1 amide bonds. The number of carbonyl (C=O) groups excluding carboxylic acids is 1. The van der Waals surface area contributed by atoms with E-state index in [0.717, 1.165) is 48.6 Å². The minimum atomic E-state index is -3.41. The first-order valence-corrected chi connectivity index (χ1v) is 16.2. The Morgan fingerprint density at radius 3 is 2.60 bits per heavy atom. The Hall–Kier alpha value is -2.73. The van der Waals surface area contributed by atoms with E-state index < -0.39 is 14.6 Å². The summed E-state index contributed by atoms with van der Waals surface area (Å²) < 4.78 is 38.1. The highest BCUT2D eigenvalue weighted by Gasteiger charge is 2.37. The molecule has 9 nitrogen and oxygen atoms in total. The van der Waals surface area contributed by atoms with Gasteiger partial charge in [0.1, 0.15) is 4.58 Å². The molecule has 0 bridgehead atoms. The maximum absolute atomic E-state index is 13.9. The molecule has 1 unspecified atom stereocenters. The molecular weight excluding hydrogens is 548 g/mol. The van der Waals surface area contributed by atoms with Gasteiger partial charge in [-0.2, -0.15) is 0 Å². The molecule has 0 radical (unpaired) electrons. The topological polar surface area (TPSA) is 91.4 Å². The predicted octanol–water partition coefficient (Wildman–Crippen LogP) is 3.83. The van der Waals surface area contributed by atoms with Gasteiger partial charge in [0.25, 0.3) is 5.91 Å². The van der Waals surface area contributed by atoms with Gasteiger partial charge >= 0.3 is 0 Å². The molecule has 11 heteroatoms. The molecule has 3 aliphatic rings. The highest BCUT2D eigenvalue weighted by molar-refractivity contribution is 8.14. The highest BCUT2D eigenvalue weighted by atomic mass is 32.3. The van der Waals surface area contributed by atoms with Crippen LogP contribution in [0.2, 0.25) is 0 Å². The molecule has 0 aromatic heterocycles. The molecule has 0 saturated carbocycles. The van der Waals surface area contributed by atoms with Crippen molar-refractivity contribution in [3.05, 3.63) is 64.6 Å². The number of hydrogen-bond acceptors (Lipinski definition) is 8. The Morgan fingerprint density at radius 2 is 1.90 bits per heavy atom. The predicted molar refractivity (Wildman–Crippen MR) is 160 cm³/mol. The summed E-state index contributed by atoms with van der Waals surface area (Å²) in [6.07, 6.45) is 3.64. The van der Waals surface area contributed by atoms with Gasteiger partial charge in [0, 0.05) is 63.1 Å². The van der Waals surface area contributed by atoms with Gasteiger partial charge in [-0.1, -0.05) is 18.2 Å². The molecule has 2 aromatic carbocycles. The summed E-state index contributed by atoms with van der Waals surface area (Å²) in [4.78, 5) is 18.2. The van der Waals surface area contributed by atoms with Crippen LogP contribution in [0.3, 0.4) is 0 Å². The number of carbonyl (C=O) groups is 1. The largest absolute Gasteiger partial charge is 0.493 e. The second-order valence-corrected chi connectivity index (χ2v) is 13.9. The number of amides is 1. The zero-order valence-corrected chi connectivity index (χ0v) is 25.0. The number of allylic oxidation sites excluding steroid dienone is 1. The Morgan fingerprint density at radius 1 is 1.12 bits per heavy atom. The zero-order chi connectivity index (χ0) is 28.3. The third kappa shape index (κ3) is 5.70. The molecule has 2 atom stereocenters. The average molecular weight is 587 g/mol. The molecule has 5 rings (SSSR count). The summed E-state index contributed by atoms with van der Waals surface area (Å²) in [6.45, 7) is 4.53. The number of ether oxygens (including phenoxy) is 2. The number of benzene rings is 2. The number of piperazine rings is 1. The quantitative estimate of drug-likeness (QED) is 0.425. The lowest BCUT2D eigenvalue weighted by atomic mass is 9.99. The van der Waals surface area contributed by atoms with Gasteiger partial charge in [0.2, 0.25) is 10.0 Å². The second kappa shape index (κ2) is 12.4. The van der Waals surface area contributed by atoms with Crippen LogP contribution in [0.5, 0.6) is 11.5 Å². The van der Waals surface area contributed by atoms with E-state index in [0.29, 0.717) is 43.9 Å². The van der Waals surface area contributed by atoms with Crippen molar-refractivity contribution < 1.29 is 22.7 Å². The van der Waals surface area contributed by atoms with E-state index in [2.05, 4.69) is 16.3 Å².